The van der Waals surface area contributed by atoms with Gasteiger partial charge in [0.15, 0.2) is 11.6 Å². The summed E-state index contributed by atoms with van der Waals surface area (Å²) in [6.45, 7) is 10.4. The molecule has 0 atom stereocenters. The Kier molecular flexibility index (Phi) is 12.4. The highest BCUT2D eigenvalue weighted by atomic mass is 19.2. The third kappa shape index (κ3) is 10.9. The molecule has 1 aliphatic heterocycles. The van der Waals surface area contributed by atoms with Crippen LogP contribution in [0.2, 0.25) is 0 Å². The molecule has 0 bridgehead atoms. The minimum atomic E-state index is -1.17. The van der Waals surface area contributed by atoms with Crippen molar-refractivity contribution in [3.63, 3.8) is 0 Å². The summed E-state index contributed by atoms with van der Waals surface area (Å²) in [5, 5.41) is 5.37. The van der Waals surface area contributed by atoms with Gasteiger partial charge in [0.25, 0.3) is 5.91 Å². The average molecular weight is 779 g/mol. The van der Waals surface area contributed by atoms with Crippen LogP contribution in [-0.2, 0) is 38.6 Å². The predicted octanol–water partition coefficient (Wildman–Crippen LogP) is 6.39. The number of carbonyl (C=O) groups excluding carboxylic acids is 4. The lowest BCUT2D eigenvalue weighted by Gasteiger charge is -2.19. The molecule has 0 spiro atoms. The molecule has 5 rings (SSSR count). The van der Waals surface area contributed by atoms with E-state index in [0.717, 1.165) is 23.3 Å². The Morgan fingerprint density at radius 1 is 0.821 bits per heavy atom. The fraction of sp³-hybridized carbons (Fsp3) is 0.385. The van der Waals surface area contributed by atoms with Gasteiger partial charge in [0.1, 0.15) is 42.5 Å². The molecule has 1 aliphatic rings. The van der Waals surface area contributed by atoms with Crippen molar-refractivity contribution >= 4 is 41.1 Å². The van der Waals surface area contributed by atoms with Crippen molar-refractivity contribution < 1.29 is 51.6 Å². The van der Waals surface area contributed by atoms with Gasteiger partial charge in [-0.05, 0) is 88.6 Å². The van der Waals surface area contributed by atoms with Gasteiger partial charge in [-0.1, -0.05) is 18.2 Å². The Balaban J connectivity index is 1.29. The smallest absolute Gasteiger partial charge is 0.491 e. The molecule has 0 saturated heterocycles. The van der Waals surface area contributed by atoms with E-state index in [9.17, 15) is 28.0 Å². The molecular weight excluding hydrogens is 734 g/mol. The second kappa shape index (κ2) is 17.0. The normalized spacial score (nSPS) is 12.5. The first-order valence-electron chi connectivity index (χ1n) is 17.7. The molecule has 3 aromatic carbocycles. The lowest BCUT2D eigenvalue weighted by Crippen LogP contribution is -2.34. The molecule has 15 nitrogen and oxygen atoms in total. The number of hydrogen-bond donors (Lipinski definition) is 3. The van der Waals surface area contributed by atoms with E-state index in [1.165, 1.54) is 0 Å². The van der Waals surface area contributed by atoms with Crippen molar-refractivity contribution in [2.75, 3.05) is 32.0 Å². The number of nitrogen functional groups attached to an aromatic ring is 1. The first kappa shape index (κ1) is 40.9. The number of nitrogens with one attached hydrogen (secondary N) is 2. The summed E-state index contributed by atoms with van der Waals surface area (Å²) < 4.78 is 55.6. The number of rotatable bonds is 11. The zero-order valence-electron chi connectivity index (χ0n) is 31.9. The molecule has 3 amide bonds. The molecule has 17 heteroatoms. The Labute approximate surface area is 321 Å². The van der Waals surface area contributed by atoms with Crippen LogP contribution in [-0.4, -0.2) is 76.6 Å². The van der Waals surface area contributed by atoms with E-state index in [2.05, 4.69) is 20.6 Å². The maximum absolute atomic E-state index is 14.7. The predicted molar refractivity (Wildman–Crippen MR) is 199 cm³/mol. The first-order chi connectivity index (χ1) is 26.4. The van der Waals surface area contributed by atoms with Crippen molar-refractivity contribution in [3.8, 4) is 16.9 Å². The van der Waals surface area contributed by atoms with Gasteiger partial charge < -0.3 is 45.0 Å². The van der Waals surface area contributed by atoms with Crippen molar-refractivity contribution in [3.05, 3.63) is 82.5 Å². The number of alkyl carbamates (subject to hydrolysis) is 2. The number of anilines is 1. The van der Waals surface area contributed by atoms with E-state index in [-0.39, 0.29) is 67.5 Å². The number of benzene rings is 3. The SMILES string of the molecule is CC(C)(C)OC(=O)NCCOC(=O)OCc1cc(F)c(F)cc1-c1ccc2nc(N)nc(C(=O)N3Cc4cccc(OCCNC(=O)OC(C)(C)C)c4C3)c2c1. The Morgan fingerprint density at radius 3 is 2.16 bits per heavy atom. The van der Waals surface area contributed by atoms with E-state index in [1.54, 1.807) is 76.8 Å². The van der Waals surface area contributed by atoms with Gasteiger partial charge in [0, 0.05) is 23.1 Å². The van der Waals surface area contributed by atoms with Crippen LogP contribution >= 0.6 is 0 Å². The van der Waals surface area contributed by atoms with Gasteiger partial charge in [-0.2, -0.15) is 0 Å². The van der Waals surface area contributed by atoms with E-state index >= 15 is 0 Å². The fourth-order valence-corrected chi connectivity index (χ4v) is 5.68. The number of hydrogen-bond acceptors (Lipinski definition) is 12. The molecule has 298 valence electrons. The van der Waals surface area contributed by atoms with E-state index < -0.39 is 53.7 Å². The second-order valence-corrected chi connectivity index (χ2v) is 14.7. The number of amides is 3. The molecule has 1 aromatic heterocycles. The molecule has 2 heterocycles. The highest BCUT2D eigenvalue weighted by Gasteiger charge is 2.29. The summed E-state index contributed by atoms with van der Waals surface area (Å²) in [6.07, 6.45) is -2.37. The molecule has 0 saturated carbocycles. The number of carbonyl (C=O) groups is 4. The highest BCUT2D eigenvalue weighted by molar-refractivity contribution is 6.06. The van der Waals surface area contributed by atoms with Crippen LogP contribution in [0.25, 0.3) is 22.0 Å². The van der Waals surface area contributed by atoms with Crippen LogP contribution < -0.4 is 21.1 Å². The number of aromatic nitrogens is 2. The van der Waals surface area contributed by atoms with Crippen molar-refractivity contribution in [1.29, 1.82) is 0 Å². The van der Waals surface area contributed by atoms with Crippen molar-refractivity contribution in [2.24, 2.45) is 0 Å². The summed E-state index contributed by atoms with van der Waals surface area (Å²) in [6, 6.07) is 12.0. The topological polar surface area (TPSA) is 194 Å². The summed E-state index contributed by atoms with van der Waals surface area (Å²) in [5.41, 5.74) is 7.23. The Hall–Kier alpha value is -6.26. The summed E-state index contributed by atoms with van der Waals surface area (Å²) >= 11 is 0. The summed E-state index contributed by atoms with van der Waals surface area (Å²) in [7, 11) is 0. The standard InChI is InChI=1S/C39H44F2N6O9/c1-38(2,3)55-35(49)43-12-14-52-31-9-7-8-23-19-47(20-27(23)31)33(48)32-26-16-22(10-11-30(26)45-34(42)46-32)25-18-29(41)28(40)17-24(25)21-54-37(51)53-15-13-44-36(50)56-39(4,5)6/h7-11,16-18H,12-15,19-21H2,1-6H3,(H,43,49)(H,44,50)(H2,42,45,46). The Bertz CT molecular complexity index is 2140. The monoisotopic (exact) mass is 778 g/mol. The maximum Gasteiger partial charge on any atom is 0.508 e. The van der Waals surface area contributed by atoms with Gasteiger partial charge in [0.05, 0.1) is 25.2 Å². The average Bonchev–Trinajstić information content (AvgIpc) is 3.55. The molecule has 0 fully saturated rings. The molecule has 0 radical (unpaired) electrons. The van der Waals surface area contributed by atoms with Crippen LogP contribution in [0.4, 0.5) is 29.1 Å². The summed E-state index contributed by atoms with van der Waals surface area (Å²) in [4.78, 5) is 60.3. The van der Waals surface area contributed by atoms with Gasteiger partial charge in [-0.3, -0.25) is 4.79 Å². The zero-order chi connectivity index (χ0) is 40.8. The molecular formula is C39H44F2N6O9. The van der Waals surface area contributed by atoms with Crippen molar-refractivity contribution in [1.82, 2.24) is 25.5 Å². The number of fused-ring (bicyclic) bond motifs is 2. The van der Waals surface area contributed by atoms with Crippen LogP contribution in [0.15, 0.2) is 48.5 Å². The zero-order valence-corrected chi connectivity index (χ0v) is 31.9. The largest absolute Gasteiger partial charge is 0.508 e. The molecule has 4 aromatic rings. The third-order valence-electron chi connectivity index (χ3n) is 7.96. The lowest BCUT2D eigenvalue weighted by molar-refractivity contribution is 0.0413. The van der Waals surface area contributed by atoms with E-state index in [4.69, 9.17) is 29.4 Å². The van der Waals surface area contributed by atoms with E-state index in [1.807, 2.05) is 6.07 Å². The van der Waals surface area contributed by atoms with Gasteiger partial charge in [-0.15, -0.1) is 0 Å². The van der Waals surface area contributed by atoms with Crippen LogP contribution in [0, 0.1) is 11.6 Å². The minimum absolute atomic E-state index is 0.0184. The van der Waals surface area contributed by atoms with E-state index in [0.29, 0.717) is 16.8 Å². The quantitative estimate of drug-likeness (QED) is 0.0864. The van der Waals surface area contributed by atoms with Crippen LogP contribution in [0.3, 0.4) is 0 Å². The highest BCUT2D eigenvalue weighted by Crippen LogP contribution is 2.34. The minimum Gasteiger partial charge on any atom is -0.491 e. The van der Waals surface area contributed by atoms with Crippen LogP contribution in [0.1, 0.15) is 68.7 Å². The van der Waals surface area contributed by atoms with Gasteiger partial charge in [0.2, 0.25) is 5.95 Å². The Morgan fingerprint density at radius 2 is 1.48 bits per heavy atom. The van der Waals surface area contributed by atoms with Crippen molar-refractivity contribution in [2.45, 2.75) is 72.4 Å². The maximum atomic E-state index is 14.7. The first-order valence-corrected chi connectivity index (χ1v) is 17.7. The number of nitrogens with two attached hydrogens (primary N) is 1. The molecule has 0 aliphatic carbocycles. The molecule has 56 heavy (non-hydrogen) atoms. The molecule has 4 N–H and O–H groups in total. The number of halogens is 2. The lowest BCUT2D eigenvalue weighted by atomic mass is 9.97. The summed E-state index contributed by atoms with van der Waals surface area (Å²) in [5.74, 6) is -2.39. The second-order valence-electron chi connectivity index (χ2n) is 14.7. The molecule has 0 unspecified atom stereocenters. The number of nitrogens with zero attached hydrogens (tertiary/aromatic N) is 3. The number of ether oxygens (including phenoxy) is 5. The van der Waals surface area contributed by atoms with Crippen LogP contribution in [0.5, 0.6) is 5.75 Å². The van der Waals surface area contributed by atoms with Gasteiger partial charge in [-0.25, -0.2) is 33.1 Å². The fourth-order valence-electron chi connectivity index (χ4n) is 5.68. The third-order valence-corrected chi connectivity index (χ3v) is 7.96. The van der Waals surface area contributed by atoms with Gasteiger partial charge >= 0.3 is 18.3 Å².